The predicted molar refractivity (Wildman–Crippen MR) is 85.9 cm³/mol. The average Bonchev–Trinajstić information content (AvgIpc) is 2.41. The fraction of sp³-hybridized carbons (Fsp3) is 0.375. The van der Waals surface area contributed by atoms with Crippen LogP contribution in [0.25, 0.3) is 0 Å². The third-order valence-electron chi connectivity index (χ3n) is 2.50. The molecule has 1 nitrogen and oxygen atoms in total. The maximum atomic E-state index is 5.90. The molecule has 0 saturated heterocycles. The van der Waals surface area contributed by atoms with Crippen molar-refractivity contribution in [3.63, 3.8) is 0 Å². The number of methoxy groups -OCH3 is 1. The van der Waals surface area contributed by atoms with E-state index >= 15 is 0 Å². The first kappa shape index (κ1) is 16.4. The Morgan fingerprint density at radius 1 is 1.32 bits per heavy atom. The van der Waals surface area contributed by atoms with Crippen LogP contribution in [0, 0.1) is 0 Å². The van der Waals surface area contributed by atoms with Gasteiger partial charge in [-0.3, -0.25) is 0 Å². The zero-order valence-corrected chi connectivity index (χ0v) is 13.1. The topological polar surface area (TPSA) is 9.23 Å². The normalized spacial score (nSPS) is 12.3. The molecule has 0 fully saturated rings. The first-order valence-corrected chi connectivity index (χ1v) is 7.74. The van der Waals surface area contributed by atoms with Gasteiger partial charge >= 0.3 is 0 Å². The average molecular weight is 297 g/mol. The fourth-order valence-electron chi connectivity index (χ4n) is 1.49. The van der Waals surface area contributed by atoms with Gasteiger partial charge in [0.2, 0.25) is 0 Å². The molecule has 0 atom stereocenters. The summed E-state index contributed by atoms with van der Waals surface area (Å²) in [5.41, 5.74) is 0. The molecule has 0 aliphatic heterocycles. The highest BCUT2D eigenvalue weighted by atomic mass is 35.5. The maximum Gasteiger partial charge on any atom is 0.0647 e. The molecule has 19 heavy (non-hydrogen) atoms. The second-order valence-electron chi connectivity index (χ2n) is 4.16. The van der Waals surface area contributed by atoms with Crippen LogP contribution in [-0.4, -0.2) is 13.7 Å². The summed E-state index contributed by atoms with van der Waals surface area (Å²) in [5.74, 6) is 0. The lowest BCUT2D eigenvalue weighted by Crippen LogP contribution is -1.82. The Morgan fingerprint density at radius 2 is 2.05 bits per heavy atom. The number of ether oxygens (including phenoxy) is 1. The van der Waals surface area contributed by atoms with Gasteiger partial charge in [0, 0.05) is 21.9 Å². The highest BCUT2D eigenvalue weighted by molar-refractivity contribution is 8.03. The summed E-state index contributed by atoms with van der Waals surface area (Å²) in [4.78, 5) is 2.46. The van der Waals surface area contributed by atoms with Crippen LogP contribution >= 0.6 is 23.4 Å². The Kier molecular flexibility index (Phi) is 8.72. The number of allylic oxidation sites excluding steroid dienone is 2. The van der Waals surface area contributed by atoms with Crippen molar-refractivity contribution in [1.82, 2.24) is 0 Å². The second kappa shape index (κ2) is 10.1. The van der Waals surface area contributed by atoms with E-state index in [0.717, 1.165) is 11.4 Å². The van der Waals surface area contributed by atoms with Gasteiger partial charge < -0.3 is 4.74 Å². The van der Waals surface area contributed by atoms with Crippen molar-refractivity contribution in [2.24, 2.45) is 0 Å². The van der Waals surface area contributed by atoms with Crippen LogP contribution in [-0.2, 0) is 4.74 Å². The van der Waals surface area contributed by atoms with Crippen molar-refractivity contribution in [2.45, 2.75) is 31.1 Å². The lowest BCUT2D eigenvalue weighted by Gasteiger charge is -2.03. The van der Waals surface area contributed by atoms with Crippen molar-refractivity contribution in [3.05, 3.63) is 52.4 Å². The van der Waals surface area contributed by atoms with Crippen LogP contribution in [0.1, 0.15) is 26.2 Å². The largest absolute Gasteiger partial charge is 0.381 e. The smallest absolute Gasteiger partial charge is 0.0647 e. The Bertz CT molecular complexity index is 409. The van der Waals surface area contributed by atoms with E-state index in [0.29, 0.717) is 6.61 Å². The number of hydrogen-bond donors (Lipinski definition) is 0. The summed E-state index contributed by atoms with van der Waals surface area (Å²) in [6.07, 6.45) is 10.0. The minimum absolute atomic E-state index is 0.645. The van der Waals surface area contributed by atoms with Crippen LogP contribution in [0.15, 0.2) is 52.3 Å². The monoisotopic (exact) mass is 296 g/mol. The first-order valence-electron chi connectivity index (χ1n) is 6.55. The molecule has 0 aliphatic rings. The minimum Gasteiger partial charge on any atom is -0.381 e. The molecule has 104 valence electrons. The predicted octanol–water partition coefficient (Wildman–Crippen LogP) is 5.71. The van der Waals surface area contributed by atoms with Gasteiger partial charge in [-0.2, -0.15) is 0 Å². The van der Waals surface area contributed by atoms with Crippen molar-refractivity contribution in [1.29, 1.82) is 0 Å². The van der Waals surface area contributed by atoms with Crippen LogP contribution < -0.4 is 0 Å². The molecular weight excluding hydrogens is 276 g/mol. The number of halogens is 1. The van der Waals surface area contributed by atoms with Crippen LogP contribution in [0.3, 0.4) is 0 Å². The molecule has 0 amide bonds. The molecule has 0 spiro atoms. The van der Waals surface area contributed by atoms with Gasteiger partial charge in [-0.1, -0.05) is 61.4 Å². The summed E-state index contributed by atoms with van der Waals surface area (Å²) < 4.78 is 5.04. The Morgan fingerprint density at radius 3 is 2.68 bits per heavy atom. The number of thioether (sulfide) groups is 1. The molecule has 1 aromatic rings. The molecule has 0 aliphatic carbocycles. The molecule has 0 N–H and O–H groups in total. The Labute approximate surface area is 125 Å². The summed E-state index contributed by atoms with van der Waals surface area (Å²) in [5, 5.41) is 0.774. The first-order chi connectivity index (χ1) is 9.26. The van der Waals surface area contributed by atoms with Gasteiger partial charge in [0.15, 0.2) is 0 Å². The number of rotatable bonds is 8. The van der Waals surface area contributed by atoms with E-state index in [1.165, 1.54) is 22.6 Å². The van der Waals surface area contributed by atoms with Crippen LogP contribution in [0.4, 0.5) is 0 Å². The van der Waals surface area contributed by atoms with E-state index in [-0.39, 0.29) is 0 Å². The number of benzene rings is 1. The molecule has 0 radical (unpaired) electrons. The van der Waals surface area contributed by atoms with Gasteiger partial charge in [-0.25, -0.2) is 0 Å². The van der Waals surface area contributed by atoms with E-state index in [1.54, 1.807) is 18.9 Å². The molecule has 0 bridgehead atoms. The fourth-order valence-corrected chi connectivity index (χ4v) is 2.53. The summed E-state index contributed by atoms with van der Waals surface area (Å²) in [6, 6.07) is 7.94. The van der Waals surface area contributed by atoms with E-state index in [9.17, 15) is 0 Å². The van der Waals surface area contributed by atoms with Crippen LogP contribution in [0.2, 0.25) is 5.02 Å². The molecule has 0 heterocycles. The molecule has 0 saturated carbocycles. The molecule has 1 aromatic carbocycles. The third kappa shape index (κ3) is 7.46. The van der Waals surface area contributed by atoms with Gasteiger partial charge in [-0.05, 0) is 30.7 Å². The minimum atomic E-state index is 0.645. The Hall–Kier alpha value is -0.700. The van der Waals surface area contributed by atoms with Gasteiger partial charge in [-0.15, -0.1) is 0 Å². The SMILES string of the molecule is CCCC/C=C(/C=C/COC)Sc1ccc(Cl)cc1. The maximum absolute atomic E-state index is 5.90. The Balaban J connectivity index is 2.67. The highest BCUT2D eigenvalue weighted by Crippen LogP contribution is 2.29. The highest BCUT2D eigenvalue weighted by Gasteiger charge is 1.98. The third-order valence-corrected chi connectivity index (χ3v) is 3.80. The van der Waals surface area contributed by atoms with Crippen molar-refractivity contribution >= 4 is 23.4 Å². The number of unbranched alkanes of at least 4 members (excludes halogenated alkanes) is 2. The zero-order valence-electron chi connectivity index (χ0n) is 11.6. The van der Waals surface area contributed by atoms with E-state index in [2.05, 4.69) is 19.1 Å². The van der Waals surface area contributed by atoms with E-state index < -0.39 is 0 Å². The van der Waals surface area contributed by atoms with E-state index in [4.69, 9.17) is 16.3 Å². The molecule has 3 heteroatoms. The second-order valence-corrected chi connectivity index (χ2v) is 5.75. The summed E-state index contributed by atoms with van der Waals surface area (Å²) in [7, 11) is 1.71. The van der Waals surface area contributed by atoms with E-state index in [1.807, 2.05) is 30.3 Å². The van der Waals surface area contributed by atoms with Gasteiger partial charge in [0.25, 0.3) is 0 Å². The van der Waals surface area contributed by atoms with Crippen molar-refractivity contribution in [2.75, 3.05) is 13.7 Å². The zero-order chi connectivity index (χ0) is 13.9. The molecule has 0 aromatic heterocycles. The standard InChI is InChI=1S/C16H21ClOS/c1-3-4-5-7-15(8-6-13-18-2)19-16-11-9-14(17)10-12-16/h6-12H,3-5,13H2,1-2H3/b8-6+,15-7-. The van der Waals surface area contributed by atoms with Gasteiger partial charge in [0.1, 0.15) is 0 Å². The quantitative estimate of drug-likeness (QED) is 0.345. The number of hydrogen-bond acceptors (Lipinski definition) is 2. The van der Waals surface area contributed by atoms with Gasteiger partial charge in [0.05, 0.1) is 6.61 Å². The molecule has 0 unspecified atom stereocenters. The lowest BCUT2D eigenvalue weighted by molar-refractivity contribution is 0.234. The molecular formula is C16H21ClOS. The summed E-state index contributed by atoms with van der Waals surface area (Å²) in [6.45, 7) is 2.85. The molecule has 1 rings (SSSR count). The van der Waals surface area contributed by atoms with Crippen LogP contribution in [0.5, 0.6) is 0 Å². The van der Waals surface area contributed by atoms with Crippen molar-refractivity contribution in [3.8, 4) is 0 Å². The van der Waals surface area contributed by atoms with Crippen molar-refractivity contribution < 1.29 is 4.74 Å². The lowest BCUT2D eigenvalue weighted by atomic mass is 10.2. The summed E-state index contributed by atoms with van der Waals surface area (Å²) >= 11 is 7.66.